The first kappa shape index (κ1) is 12.8. The molecule has 3 aromatic heterocycles. The molecule has 0 spiro atoms. The van der Waals surface area contributed by atoms with Crippen LogP contribution in [0.3, 0.4) is 0 Å². The summed E-state index contributed by atoms with van der Waals surface area (Å²) in [5, 5.41) is 7.65. The van der Waals surface area contributed by atoms with Crippen molar-refractivity contribution in [2.45, 2.75) is 20.4 Å². The Balaban J connectivity index is 2.00. The lowest BCUT2D eigenvalue weighted by molar-refractivity contribution is 0.545. The Morgan fingerprint density at radius 3 is 2.95 bits per heavy atom. The molecule has 0 radical (unpaired) electrons. The number of nitrogens with zero attached hydrogens (tertiary/aromatic N) is 5. The minimum Gasteiger partial charge on any atom is -0.311 e. The summed E-state index contributed by atoms with van der Waals surface area (Å²) >= 11 is 0. The van der Waals surface area contributed by atoms with Crippen LogP contribution in [0.2, 0.25) is 0 Å². The van der Waals surface area contributed by atoms with E-state index in [1.165, 1.54) is 6.33 Å². The summed E-state index contributed by atoms with van der Waals surface area (Å²) in [6.45, 7) is 6.11. The Labute approximate surface area is 117 Å². The van der Waals surface area contributed by atoms with Gasteiger partial charge in [-0.1, -0.05) is 19.9 Å². The van der Waals surface area contributed by atoms with Crippen molar-refractivity contribution in [1.29, 1.82) is 0 Å². The number of hydrogen-bond acceptors (Lipinski definition) is 4. The predicted molar refractivity (Wildman–Crippen MR) is 76.7 cm³/mol. The van der Waals surface area contributed by atoms with Gasteiger partial charge in [0.25, 0.3) is 0 Å². The lowest BCUT2D eigenvalue weighted by atomic mass is 10.2. The second kappa shape index (κ2) is 5.42. The van der Waals surface area contributed by atoms with Crippen LogP contribution in [0.25, 0.3) is 11.5 Å². The third kappa shape index (κ3) is 2.42. The molecule has 1 N–H and O–H groups in total. The smallest absolute Gasteiger partial charge is 0.178 e. The molecule has 6 heteroatoms. The minimum absolute atomic E-state index is 0.615. The molecular formula is C14H18N6. The van der Waals surface area contributed by atoms with Crippen molar-refractivity contribution >= 4 is 5.65 Å². The van der Waals surface area contributed by atoms with Crippen molar-refractivity contribution < 1.29 is 0 Å². The molecule has 0 aliphatic rings. The van der Waals surface area contributed by atoms with Gasteiger partial charge in [0.2, 0.25) is 0 Å². The first-order valence-electron chi connectivity index (χ1n) is 6.77. The van der Waals surface area contributed by atoms with Gasteiger partial charge in [-0.2, -0.15) is 5.10 Å². The molecule has 0 aliphatic heterocycles. The maximum Gasteiger partial charge on any atom is 0.178 e. The highest BCUT2D eigenvalue weighted by atomic mass is 15.4. The van der Waals surface area contributed by atoms with E-state index in [1.54, 1.807) is 11.0 Å². The lowest BCUT2D eigenvalue weighted by Gasteiger charge is -2.08. The molecule has 6 nitrogen and oxygen atoms in total. The molecule has 3 heterocycles. The van der Waals surface area contributed by atoms with Gasteiger partial charge in [0.15, 0.2) is 5.82 Å². The van der Waals surface area contributed by atoms with E-state index in [-0.39, 0.29) is 0 Å². The van der Waals surface area contributed by atoms with E-state index in [0.717, 1.165) is 30.2 Å². The second-order valence-corrected chi connectivity index (χ2v) is 5.18. The average Bonchev–Trinajstić information content (AvgIpc) is 3.05. The van der Waals surface area contributed by atoms with Gasteiger partial charge in [-0.3, -0.25) is 0 Å². The van der Waals surface area contributed by atoms with Crippen molar-refractivity contribution in [3.05, 3.63) is 42.7 Å². The number of imidazole rings is 1. The summed E-state index contributed by atoms with van der Waals surface area (Å²) in [6.07, 6.45) is 5.22. The van der Waals surface area contributed by atoms with Gasteiger partial charge in [-0.25, -0.2) is 14.6 Å². The molecule has 0 saturated heterocycles. The first-order valence-corrected chi connectivity index (χ1v) is 6.77. The minimum atomic E-state index is 0.615. The molecule has 0 bridgehead atoms. The van der Waals surface area contributed by atoms with Gasteiger partial charge in [0, 0.05) is 12.7 Å². The number of pyridine rings is 1. The lowest BCUT2D eigenvalue weighted by Crippen LogP contribution is -2.21. The molecule has 3 rings (SSSR count). The third-order valence-corrected chi connectivity index (χ3v) is 3.09. The van der Waals surface area contributed by atoms with E-state index in [4.69, 9.17) is 0 Å². The van der Waals surface area contributed by atoms with Crippen molar-refractivity contribution in [1.82, 2.24) is 29.5 Å². The van der Waals surface area contributed by atoms with E-state index < -0.39 is 0 Å². The monoisotopic (exact) mass is 270 g/mol. The van der Waals surface area contributed by atoms with Gasteiger partial charge in [-0.05, 0) is 24.6 Å². The molecule has 0 atom stereocenters. The zero-order valence-corrected chi connectivity index (χ0v) is 11.7. The van der Waals surface area contributed by atoms with Crippen LogP contribution >= 0.6 is 0 Å². The van der Waals surface area contributed by atoms with Crippen molar-refractivity contribution in [2.75, 3.05) is 6.54 Å². The summed E-state index contributed by atoms with van der Waals surface area (Å²) < 4.78 is 3.80. The number of aromatic nitrogens is 5. The van der Waals surface area contributed by atoms with Crippen LogP contribution in [0.15, 0.2) is 37.1 Å². The van der Waals surface area contributed by atoms with Gasteiger partial charge >= 0.3 is 0 Å². The molecule has 20 heavy (non-hydrogen) atoms. The summed E-state index contributed by atoms with van der Waals surface area (Å²) in [6, 6.07) is 5.98. The number of rotatable bonds is 5. The van der Waals surface area contributed by atoms with Gasteiger partial charge in [0.05, 0.1) is 5.69 Å². The van der Waals surface area contributed by atoms with Gasteiger partial charge < -0.3 is 9.72 Å². The quantitative estimate of drug-likeness (QED) is 0.766. The zero-order chi connectivity index (χ0) is 13.9. The summed E-state index contributed by atoms with van der Waals surface area (Å²) in [5.74, 6) is 1.44. The Kier molecular flexibility index (Phi) is 3.47. The van der Waals surface area contributed by atoms with Crippen molar-refractivity contribution in [3.8, 4) is 5.82 Å². The number of fused-ring (bicyclic) bond motifs is 1. The Morgan fingerprint density at radius 2 is 2.20 bits per heavy atom. The van der Waals surface area contributed by atoms with Crippen LogP contribution in [-0.4, -0.2) is 30.7 Å². The Hall–Kier alpha value is -2.21. The van der Waals surface area contributed by atoms with Crippen LogP contribution in [0.4, 0.5) is 0 Å². The maximum absolute atomic E-state index is 4.64. The highest BCUT2D eigenvalue weighted by Crippen LogP contribution is 2.15. The van der Waals surface area contributed by atoms with Crippen molar-refractivity contribution in [2.24, 2.45) is 5.92 Å². The van der Waals surface area contributed by atoms with E-state index in [1.807, 2.05) is 24.4 Å². The van der Waals surface area contributed by atoms with Crippen LogP contribution in [-0.2, 0) is 6.54 Å². The predicted octanol–water partition coefficient (Wildman–Crippen LogP) is 1.66. The molecular weight excluding hydrogens is 252 g/mol. The van der Waals surface area contributed by atoms with E-state index in [2.05, 4.69) is 38.6 Å². The average molecular weight is 270 g/mol. The normalized spacial score (nSPS) is 11.6. The molecule has 0 aromatic carbocycles. The van der Waals surface area contributed by atoms with Crippen molar-refractivity contribution in [3.63, 3.8) is 0 Å². The fraction of sp³-hybridized carbons (Fsp3) is 0.357. The highest BCUT2D eigenvalue weighted by molar-refractivity contribution is 5.48. The third-order valence-electron chi connectivity index (χ3n) is 3.09. The van der Waals surface area contributed by atoms with Crippen LogP contribution in [0, 0.1) is 5.92 Å². The molecule has 0 unspecified atom stereocenters. The van der Waals surface area contributed by atoms with Crippen LogP contribution in [0.5, 0.6) is 0 Å². The summed E-state index contributed by atoms with van der Waals surface area (Å²) in [7, 11) is 0. The fourth-order valence-electron chi connectivity index (χ4n) is 2.18. The van der Waals surface area contributed by atoms with E-state index >= 15 is 0 Å². The highest BCUT2D eigenvalue weighted by Gasteiger charge is 2.13. The molecule has 104 valence electrons. The maximum atomic E-state index is 4.64. The molecule has 0 fully saturated rings. The number of nitrogens with one attached hydrogen (secondary N) is 1. The Morgan fingerprint density at radius 1 is 1.30 bits per heavy atom. The topological polar surface area (TPSA) is 60.0 Å². The zero-order valence-electron chi connectivity index (χ0n) is 11.7. The molecule has 3 aromatic rings. The Bertz CT molecular complexity index is 683. The van der Waals surface area contributed by atoms with Gasteiger partial charge in [-0.15, -0.1) is 0 Å². The molecule has 0 saturated carbocycles. The van der Waals surface area contributed by atoms with Gasteiger partial charge in [0.1, 0.15) is 18.3 Å². The molecule has 0 aliphatic carbocycles. The second-order valence-electron chi connectivity index (χ2n) is 5.18. The standard InChI is InChI=1S/C14H18N6/c1-11(2)7-15-8-12-14(20-10-16-9-17-20)18-13-5-3-4-6-19(12)13/h3-6,9-11,15H,7-8H2,1-2H3. The van der Waals surface area contributed by atoms with E-state index in [0.29, 0.717) is 5.92 Å². The first-order chi connectivity index (χ1) is 9.75. The molecule has 0 amide bonds. The summed E-state index contributed by atoms with van der Waals surface area (Å²) in [4.78, 5) is 8.64. The number of hydrogen-bond donors (Lipinski definition) is 1. The SMILES string of the molecule is CC(C)CNCc1c(-n2cncn2)nc2ccccn12. The largest absolute Gasteiger partial charge is 0.311 e. The van der Waals surface area contributed by atoms with E-state index in [9.17, 15) is 0 Å². The van der Waals surface area contributed by atoms with Crippen LogP contribution in [0.1, 0.15) is 19.5 Å². The van der Waals surface area contributed by atoms with Crippen LogP contribution < -0.4 is 5.32 Å². The fourth-order valence-corrected chi connectivity index (χ4v) is 2.18. The summed E-state index contributed by atoms with van der Waals surface area (Å²) in [5.41, 5.74) is 2.01.